The molecule has 0 aromatic carbocycles. The molecule has 3 aliphatic heterocycles. The summed E-state index contributed by atoms with van der Waals surface area (Å²) in [5.41, 5.74) is 1.39. The smallest absolute Gasteiger partial charge is 0.322 e. The first-order chi connectivity index (χ1) is 12.6. The zero-order chi connectivity index (χ0) is 18.1. The molecule has 4 heterocycles. The maximum absolute atomic E-state index is 13.0. The Morgan fingerprint density at radius 3 is 2.77 bits per heavy atom. The molecule has 0 radical (unpaired) electrons. The van der Waals surface area contributed by atoms with Crippen LogP contribution in [0.1, 0.15) is 18.2 Å². The van der Waals surface area contributed by atoms with Crippen molar-refractivity contribution >= 4 is 11.9 Å². The molecule has 4 rings (SSSR count). The van der Waals surface area contributed by atoms with Crippen molar-refractivity contribution in [3.8, 4) is 0 Å². The van der Waals surface area contributed by atoms with Gasteiger partial charge in [0.25, 0.3) is 5.91 Å². The fraction of sp³-hybridized carbons (Fsp3) is 0.556. The number of likely N-dealkylation sites (N-methyl/N-ethyl adjacent to an activating group) is 1. The maximum atomic E-state index is 13.0. The molecule has 140 valence electrons. The van der Waals surface area contributed by atoms with Gasteiger partial charge in [-0.1, -0.05) is 0 Å². The Labute approximate surface area is 152 Å². The summed E-state index contributed by atoms with van der Waals surface area (Å²) in [6.45, 7) is 5.56. The first kappa shape index (κ1) is 17.1. The number of nitrogens with zero attached hydrogens (tertiary/aromatic N) is 3. The number of rotatable bonds is 5. The van der Waals surface area contributed by atoms with Crippen LogP contribution in [0, 0.1) is 0 Å². The lowest BCUT2D eigenvalue weighted by atomic mass is 10.0. The van der Waals surface area contributed by atoms with Crippen molar-refractivity contribution < 1.29 is 18.7 Å². The quantitative estimate of drug-likeness (QED) is 0.840. The predicted octanol–water partition coefficient (Wildman–Crippen LogP) is 0.794. The molecule has 1 N–H and O–H groups in total. The Bertz CT molecular complexity index is 709. The molecule has 8 heteroatoms. The van der Waals surface area contributed by atoms with Gasteiger partial charge in [0.1, 0.15) is 11.8 Å². The molecule has 0 bridgehead atoms. The van der Waals surface area contributed by atoms with Crippen LogP contribution in [0.3, 0.4) is 0 Å². The summed E-state index contributed by atoms with van der Waals surface area (Å²) in [6, 6.07) is 2.82. The van der Waals surface area contributed by atoms with Gasteiger partial charge in [-0.25, -0.2) is 4.79 Å². The molecule has 0 aliphatic carbocycles. The van der Waals surface area contributed by atoms with Crippen molar-refractivity contribution in [2.45, 2.75) is 12.5 Å². The van der Waals surface area contributed by atoms with Gasteiger partial charge < -0.3 is 19.4 Å². The zero-order valence-electron chi connectivity index (χ0n) is 14.9. The van der Waals surface area contributed by atoms with E-state index in [-0.39, 0.29) is 11.9 Å². The second-order valence-corrected chi connectivity index (χ2v) is 6.85. The van der Waals surface area contributed by atoms with E-state index in [4.69, 9.17) is 9.15 Å². The number of nitrogens with one attached hydrogen (secondary N) is 1. The van der Waals surface area contributed by atoms with E-state index in [2.05, 4.69) is 10.2 Å². The number of morpholine rings is 1. The number of ether oxygens (including phenoxy) is 1. The number of amides is 3. The lowest BCUT2D eigenvalue weighted by Crippen LogP contribution is -2.45. The van der Waals surface area contributed by atoms with Gasteiger partial charge in [-0.15, -0.1) is 0 Å². The van der Waals surface area contributed by atoms with E-state index in [0.717, 1.165) is 45.0 Å². The topological polar surface area (TPSA) is 78.3 Å². The van der Waals surface area contributed by atoms with E-state index in [9.17, 15) is 9.59 Å². The van der Waals surface area contributed by atoms with Gasteiger partial charge >= 0.3 is 6.03 Å². The van der Waals surface area contributed by atoms with Crippen molar-refractivity contribution in [1.29, 1.82) is 0 Å². The first-order valence-electron chi connectivity index (χ1n) is 9.05. The molecule has 8 nitrogen and oxygen atoms in total. The minimum Gasteiger partial charge on any atom is -0.467 e. The van der Waals surface area contributed by atoms with Crippen molar-refractivity contribution in [2.24, 2.45) is 0 Å². The van der Waals surface area contributed by atoms with Crippen molar-refractivity contribution in [2.75, 3.05) is 53.0 Å². The van der Waals surface area contributed by atoms with Crippen LogP contribution in [0.15, 0.2) is 34.1 Å². The number of urea groups is 1. The van der Waals surface area contributed by atoms with Gasteiger partial charge in [-0.05, 0) is 18.6 Å². The number of furan rings is 1. The molecule has 1 aromatic rings. The third-order valence-electron chi connectivity index (χ3n) is 5.27. The monoisotopic (exact) mass is 360 g/mol. The highest BCUT2D eigenvalue weighted by Crippen LogP contribution is 2.35. The van der Waals surface area contributed by atoms with Crippen LogP contribution < -0.4 is 5.32 Å². The van der Waals surface area contributed by atoms with Crippen LogP contribution in [0.5, 0.6) is 0 Å². The van der Waals surface area contributed by atoms with E-state index >= 15 is 0 Å². The Morgan fingerprint density at radius 2 is 2.04 bits per heavy atom. The van der Waals surface area contributed by atoms with Gasteiger partial charge in [-0.3, -0.25) is 14.6 Å². The van der Waals surface area contributed by atoms with Crippen LogP contribution in [-0.2, 0) is 9.53 Å². The SMILES string of the molecule is CN1C(=O)NC(c2ccco2)C2=C1CN(CCCN1CCOCC1)C2=O. The summed E-state index contributed by atoms with van der Waals surface area (Å²) in [4.78, 5) is 31.0. The molecule has 0 spiro atoms. The number of hydrogen-bond acceptors (Lipinski definition) is 5. The fourth-order valence-corrected chi connectivity index (χ4v) is 3.78. The summed E-state index contributed by atoms with van der Waals surface area (Å²) >= 11 is 0. The fourth-order valence-electron chi connectivity index (χ4n) is 3.78. The first-order valence-corrected chi connectivity index (χ1v) is 9.05. The van der Waals surface area contributed by atoms with Gasteiger partial charge in [0.2, 0.25) is 0 Å². The second-order valence-electron chi connectivity index (χ2n) is 6.85. The Balaban J connectivity index is 1.44. The highest BCUT2D eigenvalue weighted by atomic mass is 16.5. The molecule has 1 aromatic heterocycles. The summed E-state index contributed by atoms with van der Waals surface area (Å²) in [7, 11) is 1.70. The van der Waals surface area contributed by atoms with E-state index < -0.39 is 6.04 Å². The largest absolute Gasteiger partial charge is 0.467 e. The normalized spacial score (nSPS) is 24.3. The van der Waals surface area contributed by atoms with Crippen molar-refractivity contribution in [1.82, 2.24) is 20.0 Å². The number of carbonyl (C=O) groups is 2. The third-order valence-corrected chi connectivity index (χ3v) is 5.27. The molecule has 1 unspecified atom stereocenters. The van der Waals surface area contributed by atoms with E-state index in [1.165, 1.54) is 4.90 Å². The minimum absolute atomic E-state index is 0.0183. The highest BCUT2D eigenvalue weighted by molar-refractivity contribution is 6.01. The predicted molar refractivity (Wildman–Crippen MR) is 93.2 cm³/mol. The lowest BCUT2D eigenvalue weighted by molar-refractivity contribution is -0.126. The van der Waals surface area contributed by atoms with E-state index in [1.807, 2.05) is 4.90 Å². The molecule has 0 saturated carbocycles. The molecular formula is C18H24N4O4. The molecule has 1 saturated heterocycles. The summed E-state index contributed by atoms with van der Waals surface area (Å²) < 4.78 is 10.8. The number of carbonyl (C=O) groups excluding carboxylic acids is 2. The molecule has 3 aliphatic rings. The van der Waals surface area contributed by atoms with Crippen molar-refractivity contribution in [3.05, 3.63) is 35.4 Å². The maximum Gasteiger partial charge on any atom is 0.322 e. The van der Waals surface area contributed by atoms with Gasteiger partial charge in [0.05, 0.1) is 37.3 Å². The Hall–Kier alpha value is -2.32. The molecule has 3 amide bonds. The van der Waals surface area contributed by atoms with Gasteiger partial charge in [0.15, 0.2) is 0 Å². The minimum atomic E-state index is -0.513. The molecule has 26 heavy (non-hydrogen) atoms. The summed E-state index contributed by atoms with van der Waals surface area (Å²) in [6.07, 6.45) is 2.46. The standard InChI is InChI=1S/C18H24N4O4/c1-20-13-12-22(6-3-5-21-7-10-25-11-8-21)17(23)15(13)16(19-18(20)24)14-4-2-9-26-14/h2,4,9,16H,3,5-8,10-12H2,1H3,(H,19,24). The third kappa shape index (κ3) is 3.10. The summed E-state index contributed by atoms with van der Waals surface area (Å²) in [5.74, 6) is 0.567. The van der Waals surface area contributed by atoms with Crippen LogP contribution in [0.25, 0.3) is 0 Å². The average Bonchev–Trinajstić information content (AvgIpc) is 3.29. The van der Waals surface area contributed by atoms with E-state index in [1.54, 1.807) is 25.4 Å². The van der Waals surface area contributed by atoms with E-state index in [0.29, 0.717) is 24.4 Å². The zero-order valence-corrected chi connectivity index (χ0v) is 14.9. The van der Waals surface area contributed by atoms with Crippen LogP contribution in [0.2, 0.25) is 0 Å². The number of hydrogen-bond donors (Lipinski definition) is 1. The molecule has 1 fully saturated rings. The Kier molecular flexibility index (Phi) is 4.69. The van der Waals surface area contributed by atoms with Crippen molar-refractivity contribution in [3.63, 3.8) is 0 Å². The molecular weight excluding hydrogens is 336 g/mol. The highest BCUT2D eigenvalue weighted by Gasteiger charge is 2.43. The summed E-state index contributed by atoms with van der Waals surface area (Å²) in [5, 5.41) is 2.86. The van der Waals surface area contributed by atoms with Crippen LogP contribution in [0.4, 0.5) is 4.79 Å². The van der Waals surface area contributed by atoms with Gasteiger partial charge in [0, 0.05) is 33.2 Å². The van der Waals surface area contributed by atoms with Gasteiger partial charge in [-0.2, -0.15) is 0 Å². The average molecular weight is 360 g/mol. The second kappa shape index (κ2) is 7.13. The lowest BCUT2D eigenvalue weighted by Gasteiger charge is -2.29. The molecule has 1 atom stereocenters. The van der Waals surface area contributed by atoms with Crippen LogP contribution in [-0.4, -0.2) is 79.6 Å². The Morgan fingerprint density at radius 1 is 1.23 bits per heavy atom. The van der Waals surface area contributed by atoms with Crippen LogP contribution >= 0.6 is 0 Å².